The fourth-order valence-corrected chi connectivity index (χ4v) is 2.05. The van der Waals surface area contributed by atoms with Crippen LogP contribution in [0.5, 0.6) is 0 Å². The lowest BCUT2D eigenvalue weighted by molar-refractivity contribution is -0.136. The molecule has 2 N–H and O–H groups in total. The van der Waals surface area contributed by atoms with Crippen LogP contribution in [0.2, 0.25) is 0 Å². The Balaban J connectivity index is 2.42. The van der Waals surface area contributed by atoms with Gasteiger partial charge < -0.3 is 10.4 Å². The fourth-order valence-electron chi connectivity index (χ4n) is 1.04. The zero-order valence-electron chi connectivity index (χ0n) is 9.14. The van der Waals surface area contributed by atoms with Crippen molar-refractivity contribution in [2.75, 3.05) is 11.1 Å². The average molecular weight is 318 g/mol. The Hall–Kier alpha value is -1.01. The number of hydrogen-bond acceptors (Lipinski definition) is 3. The van der Waals surface area contributed by atoms with E-state index in [0.29, 0.717) is 5.69 Å². The Morgan fingerprint density at radius 1 is 1.53 bits per heavy atom. The molecule has 0 bridgehead atoms. The minimum Gasteiger partial charge on any atom is -0.480 e. The van der Waals surface area contributed by atoms with E-state index in [0.717, 1.165) is 16.2 Å². The third-order valence-corrected chi connectivity index (χ3v) is 3.54. The summed E-state index contributed by atoms with van der Waals surface area (Å²) in [5, 5.41) is 10.8. The molecule has 0 spiro atoms. The standard InChI is InChI=1S/C11H12BrNO3S/c1-7(11(15)16)17-6-10(14)13-9-4-2-3-8(12)5-9/h2-5,7H,6H2,1H3,(H,13,14)(H,15,16)/t7-/m0/s1. The second-order valence-electron chi connectivity index (χ2n) is 3.35. The first-order valence-corrected chi connectivity index (χ1v) is 6.73. The largest absolute Gasteiger partial charge is 0.480 e. The molecule has 4 nitrogen and oxygen atoms in total. The van der Waals surface area contributed by atoms with E-state index in [1.165, 1.54) is 0 Å². The molecule has 0 unspecified atom stereocenters. The molecule has 1 amide bonds. The van der Waals surface area contributed by atoms with Gasteiger partial charge in [0.2, 0.25) is 5.91 Å². The lowest BCUT2D eigenvalue weighted by atomic mass is 10.3. The van der Waals surface area contributed by atoms with Gasteiger partial charge in [-0.2, -0.15) is 0 Å². The molecule has 0 aromatic heterocycles. The third-order valence-electron chi connectivity index (χ3n) is 1.92. The van der Waals surface area contributed by atoms with Gasteiger partial charge in [0.15, 0.2) is 0 Å². The molecular weight excluding hydrogens is 306 g/mol. The Bertz CT molecular complexity index is 425. The Morgan fingerprint density at radius 3 is 2.82 bits per heavy atom. The van der Waals surface area contributed by atoms with Crippen LogP contribution in [-0.2, 0) is 9.59 Å². The summed E-state index contributed by atoms with van der Waals surface area (Å²) in [5.74, 6) is -0.994. The second kappa shape index (κ2) is 6.66. The molecule has 0 fully saturated rings. The molecule has 1 rings (SSSR count). The highest BCUT2D eigenvalue weighted by Crippen LogP contribution is 2.16. The summed E-state index contributed by atoms with van der Waals surface area (Å²) in [7, 11) is 0. The van der Waals surface area contributed by atoms with Crippen molar-refractivity contribution >= 4 is 45.3 Å². The van der Waals surface area contributed by atoms with Crippen molar-refractivity contribution in [3.63, 3.8) is 0 Å². The third kappa shape index (κ3) is 5.23. The van der Waals surface area contributed by atoms with Gasteiger partial charge in [-0.1, -0.05) is 22.0 Å². The smallest absolute Gasteiger partial charge is 0.316 e. The van der Waals surface area contributed by atoms with Crippen LogP contribution in [0.1, 0.15) is 6.92 Å². The van der Waals surface area contributed by atoms with Crippen LogP contribution in [0.4, 0.5) is 5.69 Å². The zero-order valence-corrected chi connectivity index (χ0v) is 11.5. The first kappa shape index (κ1) is 14.1. The maximum atomic E-state index is 11.5. The zero-order chi connectivity index (χ0) is 12.8. The lowest BCUT2D eigenvalue weighted by Gasteiger charge is -2.07. The van der Waals surface area contributed by atoms with Crippen molar-refractivity contribution in [3.8, 4) is 0 Å². The molecule has 92 valence electrons. The van der Waals surface area contributed by atoms with E-state index in [-0.39, 0.29) is 11.7 Å². The monoisotopic (exact) mass is 317 g/mol. The van der Waals surface area contributed by atoms with Crippen molar-refractivity contribution in [2.24, 2.45) is 0 Å². The first-order chi connectivity index (χ1) is 7.99. The van der Waals surface area contributed by atoms with Crippen LogP contribution >= 0.6 is 27.7 Å². The van der Waals surface area contributed by atoms with Crippen molar-refractivity contribution in [1.29, 1.82) is 0 Å². The molecule has 1 atom stereocenters. The summed E-state index contributed by atoms with van der Waals surface area (Å²) in [5.41, 5.74) is 0.688. The summed E-state index contributed by atoms with van der Waals surface area (Å²) in [6.45, 7) is 1.55. The van der Waals surface area contributed by atoms with Crippen molar-refractivity contribution in [3.05, 3.63) is 28.7 Å². The fraction of sp³-hybridized carbons (Fsp3) is 0.273. The number of carboxylic acid groups (broad SMARTS) is 1. The number of aliphatic carboxylic acids is 1. The van der Waals surface area contributed by atoms with Gasteiger partial charge in [0, 0.05) is 10.2 Å². The van der Waals surface area contributed by atoms with Gasteiger partial charge in [-0.15, -0.1) is 11.8 Å². The molecule has 17 heavy (non-hydrogen) atoms. The summed E-state index contributed by atoms with van der Waals surface area (Å²) in [4.78, 5) is 22.1. The summed E-state index contributed by atoms with van der Waals surface area (Å²) in [6.07, 6.45) is 0. The molecule has 0 aliphatic rings. The Morgan fingerprint density at radius 2 is 2.24 bits per heavy atom. The minimum atomic E-state index is -0.912. The van der Waals surface area contributed by atoms with Crippen LogP contribution in [0.15, 0.2) is 28.7 Å². The average Bonchev–Trinajstić information content (AvgIpc) is 2.25. The molecule has 0 radical (unpaired) electrons. The quantitative estimate of drug-likeness (QED) is 0.876. The molecule has 0 saturated carbocycles. The molecule has 1 aromatic rings. The van der Waals surface area contributed by atoms with E-state index in [2.05, 4.69) is 21.2 Å². The van der Waals surface area contributed by atoms with Gasteiger partial charge >= 0.3 is 5.97 Å². The topological polar surface area (TPSA) is 66.4 Å². The number of hydrogen-bond donors (Lipinski definition) is 2. The first-order valence-electron chi connectivity index (χ1n) is 4.89. The Labute approximate surface area is 112 Å². The molecule has 0 aliphatic heterocycles. The molecule has 1 aromatic carbocycles. The number of carbonyl (C=O) groups is 2. The van der Waals surface area contributed by atoms with Crippen LogP contribution in [0.3, 0.4) is 0 Å². The van der Waals surface area contributed by atoms with Crippen molar-refractivity contribution < 1.29 is 14.7 Å². The number of rotatable bonds is 5. The van der Waals surface area contributed by atoms with E-state index in [4.69, 9.17) is 5.11 Å². The number of nitrogens with one attached hydrogen (secondary N) is 1. The predicted octanol–water partition coefficient (Wildman–Crippen LogP) is 2.59. The highest BCUT2D eigenvalue weighted by molar-refractivity contribution is 9.10. The second-order valence-corrected chi connectivity index (χ2v) is 5.59. The van der Waals surface area contributed by atoms with Gasteiger partial charge in [0.25, 0.3) is 0 Å². The Kier molecular flexibility index (Phi) is 5.50. The van der Waals surface area contributed by atoms with Crippen LogP contribution in [0, 0.1) is 0 Å². The van der Waals surface area contributed by atoms with E-state index < -0.39 is 11.2 Å². The number of benzene rings is 1. The molecule has 0 saturated heterocycles. The number of carboxylic acids is 1. The normalized spacial score (nSPS) is 11.9. The number of anilines is 1. The summed E-state index contributed by atoms with van der Waals surface area (Å²) >= 11 is 4.39. The van der Waals surface area contributed by atoms with E-state index in [1.807, 2.05) is 12.1 Å². The SMILES string of the molecule is C[C@H](SCC(=O)Nc1cccc(Br)c1)C(=O)O. The number of carbonyl (C=O) groups excluding carboxylic acids is 1. The molecule has 0 heterocycles. The van der Waals surface area contributed by atoms with Gasteiger partial charge in [0.1, 0.15) is 0 Å². The molecular formula is C11H12BrNO3S. The van der Waals surface area contributed by atoms with Gasteiger partial charge in [-0.05, 0) is 25.1 Å². The highest BCUT2D eigenvalue weighted by atomic mass is 79.9. The molecule has 0 aliphatic carbocycles. The predicted molar refractivity (Wildman–Crippen MR) is 72.3 cm³/mol. The number of amides is 1. The minimum absolute atomic E-state index is 0.125. The molecule has 6 heteroatoms. The van der Waals surface area contributed by atoms with Crippen LogP contribution < -0.4 is 5.32 Å². The maximum absolute atomic E-state index is 11.5. The van der Waals surface area contributed by atoms with E-state index >= 15 is 0 Å². The van der Waals surface area contributed by atoms with E-state index in [9.17, 15) is 9.59 Å². The summed E-state index contributed by atoms with van der Waals surface area (Å²) < 4.78 is 0.877. The van der Waals surface area contributed by atoms with Gasteiger partial charge in [0.05, 0.1) is 11.0 Å². The van der Waals surface area contributed by atoms with Crippen molar-refractivity contribution in [2.45, 2.75) is 12.2 Å². The number of thioether (sulfide) groups is 1. The van der Waals surface area contributed by atoms with Gasteiger partial charge in [-0.25, -0.2) is 0 Å². The van der Waals surface area contributed by atoms with Crippen LogP contribution in [-0.4, -0.2) is 28.0 Å². The van der Waals surface area contributed by atoms with E-state index in [1.54, 1.807) is 19.1 Å². The van der Waals surface area contributed by atoms with Gasteiger partial charge in [-0.3, -0.25) is 9.59 Å². The number of halogens is 1. The van der Waals surface area contributed by atoms with Crippen LogP contribution in [0.25, 0.3) is 0 Å². The lowest BCUT2D eigenvalue weighted by Crippen LogP contribution is -2.19. The maximum Gasteiger partial charge on any atom is 0.316 e. The van der Waals surface area contributed by atoms with Crippen molar-refractivity contribution in [1.82, 2.24) is 0 Å². The summed E-state index contributed by atoms with van der Waals surface area (Å²) in [6, 6.07) is 7.22. The highest BCUT2D eigenvalue weighted by Gasteiger charge is 2.13.